The van der Waals surface area contributed by atoms with E-state index in [9.17, 15) is 45.4 Å². The molecule has 3 heterocycles. The summed E-state index contributed by atoms with van der Waals surface area (Å²) >= 11 is 0. The summed E-state index contributed by atoms with van der Waals surface area (Å²) in [6.07, 6.45) is -9.59. The maximum atomic E-state index is 15.0. The van der Waals surface area contributed by atoms with Gasteiger partial charge < -0.3 is 14.4 Å². The number of hydrogen-bond donors (Lipinski definition) is 1. The molecule has 1 N–H and O–H groups in total. The fourth-order valence-electron chi connectivity index (χ4n) is 6.09. The molecular formula is C33H33F7N4O4. The number of rotatable bonds is 9. The van der Waals surface area contributed by atoms with Gasteiger partial charge in [0.25, 0.3) is 5.56 Å². The predicted octanol–water partition coefficient (Wildman–Crippen LogP) is 5.62. The fraction of sp³-hybridized carbons (Fsp3) is 0.394. The number of nitrogens with zero attached hydrogens (tertiary/aromatic N) is 4. The summed E-state index contributed by atoms with van der Waals surface area (Å²) in [6.45, 7) is 1.94. The van der Waals surface area contributed by atoms with E-state index in [1.54, 1.807) is 47.1 Å². The van der Waals surface area contributed by atoms with Crippen LogP contribution in [0.3, 0.4) is 0 Å². The zero-order valence-corrected chi connectivity index (χ0v) is 26.0. The van der Waals surface area contributed by atoms with Crippen molar-refractivity contribution in [3.63, 3.8) is 0 Å². The quantitative estimate of drug-likeness (QED) is 0.231. The molecule has 258 valence electrons. The van der Waals surface area contributed by atoms with Crippen LogP contribution in [-0.4, -0.2) is 51.4 Å². The van der Waals surface area contributed by atoms with E-state index in [1.165, 1.54) is 13.0 Å². The highest BCUT2D eigenvalue weighted by Crippen LogP contribution is 2.34. The number of alkyl halides is 6. The topological polar surface area (TPSA) is 83.8 Å². The number of benzene rings is 2. The van der Waals surface area contributed by atoms with Gasteiger partial charge >= 0.3 is 18.0 Å². The lowest BCUT2D eigenvalue weighted by atomic mass is 10.0. The van der Waals surface area contributed by atoms with Crippen LogP contribution >= 0.6 is 0 Å². The first-order chi connectivity index (χ1) is 22.6. The van der Waals surface area contributed by atoms with Crippen molar-refractivity contribution in [2.75, 3.05) is 31.1 Å². The van der Waals surface area contributed by atoms with Crippen molar-refractivity contribution in [2.45, 2.75) is 57.8 Å². The second kappa shape index (κ2) is 13.6. The van der Waals surface area contributed by atoms with E-state index in [4.69, 9.17) is 4.42 Å². The second-order valence-electron chi connectivity index (χ2n) is 11.8. The van der Waals surface area contributed by atoms with E-state index in [2.05, 4.69) is 0 Å². The van der Waals surface area contributed by atoms with E-state index in [0.717, 1.165) is 39.0 Å². The molecule has 0 radical (unpaired) electrons. The molecule has 0 spiro atoms. The minimum atomic E-state index is -4.92. The first-order valence-electron chi connectivity index (χ1n) is 15.1. The van der Waals surface area contributed by atoms with Crippen molar-refractivity contribution < 1.29 is 40.3 Å². The predicted molar refractivity (Wildman–Crippen MR) is 162 cm³/mol. The van der Waals surface area contributed by atoms with Crippen LogP contribution < -0.4 is 16.1 Å². The molecule has 0 aliphatic carbocycles. The van der Waals surface area contributed by atoms with Crippen LogP contribution in [0.4, 0.5) is 36.4 Å². The Morgan fingerprint density at radius 3 is 2.23 bits per heavy atom. The molecule has 1 fully saturated rings. The molecule has 0 bridgehead atoms. The Labute approximate surface area is 270 Å². The highest BCUT2D eigenvalue weighted by molar-refractivity contribution is 5.50. The number of hydrogen-bond acceptors (Lipinski definition) is 6. The highest BCUT2D eigenvalue weighted by Gasteiger charge is 2.37. The SMILES string of the molecule is Cc1c(N2CCN(Cc3ccc(C(F)(F)F)o3)C(CO)C2)c(=O)n(C[C@H](C)c2ccccc2)c(=O)n1Cc1c(F)cccc1C(F)(F)F. The molecule has 1 aliphatic heterocycles. The van der Waals surface area contributed by atoms with Crippen LogP contribution in [0.1, 0.15) is 46.7 Å². The average Bonchev–Trinajstić information content (AvgIpc) is 3.52. The van der Waals surface area contributed by atoms with Gasteiger partial charge in [0.2, 0.25) is 5.76 Å². The molecule has 1 saturated heterocycles. The van der Waals surface area contributed by atoms with Gasteiger partial charge in [-0.15, -0.1) is 0 Å². The van der Waals surface area contributed by atoms with Gasteiger partial charge in [-0.05, 0) is 42.7 Å². The number of halogens is 7. The molecule has 15 heteroatoms. The molecule has 2 aromatic heterocycles. The fourth-order valence-corrected chi connectivity index (χ4v) is 6.09. The zero-order chi connectivity index (χ0) is 35.0. The Morgan fingerprint density at radius 2 is 1.60 bits per heavy atom. The molecule has 1 unspecified atom stereocenters. The van der Waals surface area contributed by atoms with Gasteiger partial charge in [-0.3, -0.25) is 18.8 Å². The van der Waals surface area contributed by atoms with Crippen LogP contribution in [0, 0.1) is 12.7 Å². The largest absolute Gasteiger partial charge is 0.455 e. The smallest absolute Gasteiger partial charge is 0.449 e. The number of piperazine rings is 1. The number of furan rings is 1. The summed E-state index contributed by atoms with van der Waals surface area (Å²) in [6, 6.07) is 12.8. The molecule has 5 rings (SSSR count). The van der Waals surface area contributed by atoms with Gasteiger partial charge in [0.1, 0.15) is 17.3 Å². The second-order valence-corrected chi connectivity index (χ2v) is 11.8. The molecular weight excluding hydrogens is 649 g/mol. The van der Waals surface area contributed by atoms with Crippen molar-refractivity contribution in [1.29, 1.82) is 0 Å². The summed E-state index contributed by atoms with van der Waals surface area (Å²) < 4.78 is 103. The lowest BCUT2D eigenvalue weighted by molar-refractivity contribution is -0.153. The summed E-state index contributed by atoms with van der Waals surface area (Å²) in [7, 11) is 0. The first kappa shape index (κ1) is 35.0. The van der Waals surface area contributed by atoms with Gasteiger partial charge in [0, 0.05) is 37.4 Å². The Hall–Kier alpha value is -4.37. The standard InChI is InChI=1S/C33H33F7N4O4/c1-20(22-7-4-3-5-8-22)15-44-30(46)29(21(2)43(31(44)47)18-25-26(32(35,36)37)9-6-10-27(25)34)42-14-13-41(23(16-42)19-45)17-24-11-12-28(48-24)33(38,39)40/h3-12,20,23,45H,13-19H2,1-2H3/t20-,23?/m0/s1. The molecule has 0 amide bonds. The molecule has 48 heavy (non-hydrogen) atoms. The van der Waals surface area contributed by atoms with Crippen molar-refractivity contribution >= 4 is 5.69 Å². The van der Waals surface area contributed by atoms with Gasteiger partial charge in [-0.25, -0.2) is 9.18 Å². The minimum Gasteiger partial charge on any atom is -0.455 e. The Morgan fingerprint density at radius 1 is 0.896 bits per heavy atom. The normalized spacial score (nSPS) is 16.8. The third-order valence-electron chi connectivity index (χ3n) is 8.65. The summed E-state index contributed by atoms with van der Waals surface area (Å²) in [4.78, 5) is 31.3. The summed E-state index contributed by atoms with van der Waals surface area (Å²) in [5, 5.41) is 10.2. The van der Waals surface area contributed by atoms with E-state index in [-0.39, 0.29) is 55.8 Å². The maximum absolute atomic E-state index is 15.0. The summed E-state index contributed by atoms with van der Waals surface area (Å²) in [5.41, 5.74) is -2.88. The van der Waals surface area contributed by atoms with E-state index < -0.39 is 65.5 Å². The van der Waals surface area contributed by atoms with E-state index >= 15 is 0 Å². The monoisotopic (exact) mass is 682 g/mol. The van der Waals surface area contributed by atoms with Crippen molar-refractivity contribution in [1.82, 2.24) is 14.0 Å². The van der Waals surface area contributed by atoms with Gasteiger partial charge in [0.15, 0.2) is 0 Å². The van der Waals surface area contributed by atoms with Crippen molar-refractivity contribution in [3.8, 4) is 0 Å². The number of anilines is 1. The number of aromatic nitrogens is 2. The number of aliphatic hydroxyl groups excluding tert-OH is 1. The van der Waals surface area contributed by atoms with Gasteiger partial charge in [0.05, 0.1) is 31.3 Å². The first-order valence-corrected chi connectivity index (χ1v) is 15.1. The lowest BCUT2D eigenvalue weighted by Crippen LogP contribution is -2.56. The number of aliphatic hydroxyl groups is 1. The van der Waals surface area contributed by atoms with Crippen LogP contribution in [0.5, 0.6) is 0 Å². The van der Waals surface area contributed by atoms with Crippen molar-refractivity contribution in [2.24, 2.45) is 0 Å². The Kier molecular flexibility index (Phi) is 9.92. The van der Waals surface area contributed by atoms with Crippen molar-refractivity contribution in [3.05, 3.63) is 121 Å². The third-order valence-corrected chi connectivity index (χ3v) is 8.65. The molecule has 8 nitrogen and oxygen atoms in total. The maximum Gasteiger partial charge on any atom is 0.449 e. The van der Waals surface area contributed by atoms with Crippen LogP contribution in [0.15, 0.2) is 74.7 Å². The van der Waals surface area contributed by atoms with Crippen LogP contribution in [-0.2, 0) is 32.0 Å². The molecule has 1 aliphatic rings. The van der Waals surface area contributed by atoms with Crippen LogP contribution in [0.25, 0.3) is 0 Å². The Balaban J connectivity index is 1.55. The zero-order valence-electron chi connectivity index (χ0n) is 26.0. The molecule has 4 aromatic rings. The average molecular weight is 683 g/mol. The molecule has 2 aromatic carbocycles. The highest BCUT2D eigenvalue weighted by atomic mass is 19.4. The van der Waals surface area contributed by atoms with Gasteiger partial charge in [-0.1, -0.05) is 43.3 Å². The van der Waals surface area contributed by atoms with Gasteiger partial charge in [-0.2, -0.15) is 26.3 Å². The molecule has 2 atom stereocenters. The van der Waals surface area contributed by atoms with E-state index in [0.29, 0.717) is 0 Å². The molecule has 0 saturated carbocycles. The van der Waals surface area contributed by atoms with E-state index in [1.807, 2.05) is 0 Å². The third kappa shape index (κ3) is 7.21. The minimum absolute atomic E-state index is 0.00372. The summed E-state index contributed by atoms with van der Waals surface area (Å²) in [5.74, 6) is -2.70. The Bertz CT molecular complexity index is 1860. The lowest BCUT2D eigenvalue weighted by Gasteiger charge is -2.41. The van der Waals surface area contributed by atoms with Crippen LogP contribution in [0.2, 0.25) is 0 Å².